The van der Waals surface area contributed by atoms with Gasteiger partial charge < -0.3 is 15.5 Å². The SMILES string of the molecule is CN=C(NCc1cccs1)NC1CC(=O)N(c2ccccc2)C1. The van der Waals surface area contributed by atoms with Gasteiger partial charge >= 0.3 is 0 Å². The Labute approximate surface area is 140 Å². The van der Waals surface area contributed by atoms with E-state index in [0.29, 0.717) is 13.0 Å². The highest BCUT2D eigenvalue weighted by Crippen LogP contribution is 2.20. The highest BCUT2D eigenvalue weighted by molar-refractivity contribution is 7.09. The monoisotopic (exact) mass is 328 g/mol. The van der Waals surface area contributed by atoms with Crippen LogP contribution >= 0.6 is 11.3 Å². The van der Waals surface area contributed by atoms with Crippen molar-refractivity contribution in [3.05, 3.63) is 52.7 Å². The number of carbonyl (C=O) groups is 1. The van der Waals surface area contributed by atoms with Gasteiger partial charge in [0.05, 0.1) is 12.6 Å². The Morgan fingerprint density at radius 2 is 2.13 bits per heavy atom. The topological polar surface area (TPSA) is 56.7 Å². The standard InChI is InChI=1S/C17H20N4OS/c1-18-17(19-11-15-8-5-9-23-15)20-13-10-16(22)21(12-13)14-6-3-2-4-7-14/h2-9,13H,10-12H2,1H3,(H2,18,19,20). The number of hydrogen-bond acceptors (Lipinski definition) is 3. The van der Waals surface area contributed by atoms with Gasteiger partial charge in [-0.05, 0) is 23.6 Å². The van der Waals surface area contributed by atoms with Crippen molar-refractivity contribution >= 4 is 28.9 Å². The average Bonchev–Trinajstić information content (AvgIpc) is 3.22. The van der Waals surface area contributed by atoms with Crippen molar-refractivity contribution in [2.75, 3.05) is 18.5 Å². The lowest BCUT2D eigenvalue weighted by Gasteiger charge is -2.18. The van der Waals surface area contributed by atoms with Crippen LogP contribution in [0.15, 0.2) is 52.8 Å². The van der Waals surface area contributed by atoms with Crippen molar-refractivity contribution in [1.29, 1.82) is 0 Å². The summed E-state index contributed by atoms with van der Waals surface area (Å²) in [6.07, 6.45) is 0.481. The maximum atomic E-state index is 12.2. The van der Waals surface area contributed by atoms with Gasteiger partial charge in [0, 0.05) is 30.6 Å². The summed E-state index contributed by atoms with van der Waals surface area (Å²) >= 11 is 1.71. The molecule has 2 N–H and O–H groups in total. The molecule has 1 aliphatic rings. The summed E-state index contributed by atoms with van der Waals surface area (Å²) < 4.78 is 0. The van der Waals surface area contributed by atoms with Crippen molar-refractivity contribution in [3.63, 3.8) is 0 Å². The van der Waals surface area contributed by atoms with E-state index in [1.165, 1.54) is 4.88 Å². The number of carbonyl (C=O) groups excluding carboxylic acids is 1. The Bertz CT molecular complexity index is 669. The molecular formula is C17H20N4OS. The zero-order chi connectivity index (χ0) is 16.1. The summed E-state index contributed by atoms with van der Waals surface area (Å²) in [5.74, 6) is 0.869. The van der Waals surface area contributed by atoms with E-state index in [1.807, 2.05) is 41.3 Å². The number of thiophene rings is 1. The molecule has 23 heavy (non-hydrogen) atoms. The first kappa shape index (κ1) is 15.6. The van der Waals surface area contributed by atoms with Gasteiger partial charge in [-0.1, -0.05) is 24.3 Å². The van der Waals surface area contributed by atoms with Crippen molar-refractivity contribution < 1.29 is 4.79 Å². The third-order valence-corrected chi connectivity index (χ3v) is 4.64. The Kier molecular flexibility index (Phi) is 4.92. The van der Waals surface area contributed by atoms with Gasteiger partial charge in [-0.15, -0.1) is 11.3 Å². The lowest BCUT2D eigenvalue weighted by molar-refractivity contribution is -0.117. The molecule has 1 aromatic carbocycles. The van der Waals surface area contributed by atoms with Gasteiger partial charge in [0.2, 0.25) is 5.91 Å². The molecular weight excluding hydrogens is 308 g/mol. The van der Waals surface area contributed by atoms with E-state index >= 15 is 0 Å². The van der Waals surface area contributed by atoms with E-state index in [-0.39, 0.29) is 11.9 Å². The zero-order valence-electron chi connectivity index (χ0n) is 13.0. The van der Waals surface area contributed by atoms with E-state index in [9.17, 15) is 4.79 Å². The largest absolute Gasteiger partial charge is 0.352 e. The minimum Gasteiger partial charge on any atom is -0.352 e. The summed E-state index contributed by atoms with van der Waals surface area (Å²) in [6.45, 7) is 1.39. The molecule has 1 atom stereocenters. The molecule has 3 rings (SSSR count). The Morgan fingerprint density at radius 3 is 2.83 bits per heavy atom. The second-order valence-corrected chi connectivity index (χ2v) is 6.42. The van der Waals surface area contributed by atoms with Gasteiger partial charge in [0.1, 0.15) is 0 Å². The molecule has 1 saturated heterocycles. The number of rotatable bonds is 4. The predicted octanol–water partition coefficient (Wildman–Crippen LogP) is 2.22. The number of aliphatic imine (C=N–C) groups is 1. The summed E-state index contributed by atoms with van der Waals surface area (Å²) in [4.78, 5) is 19.5. The third kappa shape index (κ3) is 3.90. The van der Waals surface area contributed by atoms with Gasteiger partial charge in [-0.2, -0.15) is 0 Å². The van der Waals surface area contributed by atoms with Crippen LogP contribution < -0.4 is 15.5 Å². The van der Waals surface area contributed by atoms with Crippen LogP contribution in [-0.4, -0.2) is 31.5 Å². The van der Waals surface area contributed by atoms with Crippen LogP contribution in [0.2, 0.25) is 0 Å². The highest BCUT2D eigenvalue weighted by atomic mass is 32.1. The van der Waals surface area contributed by atoms with Crippen molar-refractivity contribution in [1.82, 2.24) is 10.6 Å². The van der Waals surface area contributed by atoms with Gasteiger partial charge in [-0.3, -0.25) is 9.79 Å². The fourth-order valence-electron chi connectivity index (χ4n) is 2.63. The van der Waals surface area contributed by atoms with Crippen LogP contribution in [0.25, 0.3) is 0 Å². The summed E-state index contributed by atoms with van der Waals surface area (Å²) in [7, 11) is 1.75. The summed E-state index contributed by atoms with van der Waals surface area (Å²) in [5.41, 5.74) is 0.948. The van der Waals surface area contributed by atoms with E-state index in [4.69, 9.17) is 0 Å². The molecule has 0 radical (unpaired) electrons. The number of benzene rings is 1. The van der Waals surface area contributed by atoms with Crippen LogP contribution in [0.4, 0.5) is 5.69 Å². The number of anilines is 1. The Morgan fingerprint density at radius 1 is 1.30 bits per heavy atom. The molecule has 1 fully saturated rings. The molecule has 1 unspecified atom stereocenters. The Hall–Kier alpha value is -2.34. The first-order valence-electron chi connectivity index (χ1n) is 7.61. The van der Waals surface area contributed by atoms with Crippen molar-refractivity contribution in [2.24, 2.45) is 4.99 Å². The quantitative estimate of drug-likeness (QED) is 0.668. The lowest BCUT2D eigenvalue weighted by Crippen LogP contribution is -2.44. The number of nitrogens with zero attached hydrogens (tertiary/aromatic N) is 2. The van der Waals surface area contributed by atoms with Gasteiger partial charge in [0.25, 0.3) is 0 Å². The van der Waals surface area contributed by atoms with E-state index in [1.54, 1.807) is 18.4 Å². The molecule has 0 bridgehead atoms. The molecule has 5 nitrogen and oxygen atoms in total. The van der Waals surface area contributed by atoms with E-state index in [2.05, 4.69) is 27.1 Å². The van der Waals surface area contributed by atoms with Crippen LogP contribution in [0, 0.1) is 0 Å². The maximum Gasteiger partial charge on any atom is 0.229 e. The van der Waals surface area contributed by atoms with Crippen molar-refractivity contribution in [3.8, 4) is 0 Å². The lowest BCUT2D eigenvalue weighted by atomic mass is 10.2. The number of amides is 1. The first-order valence-corrected chi connectivity index (χ1v) is 8.49. The number of nitrogens with one attached hydrogen (secondary N) is 2. The third-order valence-electron chi connectivity index (χ3n) is 3.77. The maximum absolute atomic E-state index is 12.2. The van der Waals surface area contributed by atoms with E-state index in [0.717, 1.165) is 18.2 Å². The highest BCUT2D eigenvalue weighted by Gasteiger charge is 2.30. The van der Waals surface area contributed by atoms with E-state index < -0.39 is 0 Å². The number of hydrogen-bond donors (Lipinski definition) is 2. The minimum absolute atomic E-state index is 0.0669. The molecule has 1 aromatic heterocycles. The fourth-order valence-corrected chi connectivity index (χ4v) is 3.28. The fraction of sp³-hybridized carbons (Fsp3) is 0.294. The molecule has 1 aliphatic heterocycles. The molecule has 6 heteroatoms. The summed E-state index contributed by atoms with van der Waals surface area (Å²) in [6, 6.07) is 14.0. The molecule has 0 saturated carbocycles. The van der Waals surface area contributed by atoms with Crippen molar-refractivity contribution in [2.45, 2.75) is 19.0 Å². The second kappa shape index (κ2) is 7.28. The molecule has 2 heterocycles. The first-order chi connectivity index (χ1) is 11.3. The van der Waals surface area contributed by atoms with Crippen LogP contribution in [0.3, 0.4) is 0 Å². The van der Waals surface area contributed by atoms with Crippen LogP contribution in [0.5, 0.6) is 0 Å². The molecule has 2 aromatic rings. The molecule has 0 aliphatic carbocycles. The number of para-hydroxylation sites is 1. The average molecular weight is 328 g/mol. The second-order valence-electron chi connectivity index (χ2n) is 5.39. The minimum atomic E-state index is 0.0669. The summed E-state index contributed by atoms with van der Waals surface area (Å²) in [5, 5.41) is 8.68. The molecule has 0 spiro atoms. The van der Waals surface area contributed by atoms with Crippen LogP contribution in [-0.2, 0) is 11.3 Å². The Balaban J connectivity index is 1.56. The normalized spacial score (nSPS) is 18.3. The van der Waals surface area contributed by atoms with Gasteiger partial charge in [-0.25, -0.2) is 0 Å². The smallest absolute Gasteiger partial charge is 0.229 e. The molecule has 1 amide bonds. The number of guanidine groups is 1. The van der Waals surface area contributed by atoms with Crippen LogP contribution in [0.1, 0.15) is 11.3 Å². The predicted molar refractivity (Wildman–Crippen MR) is 94.9 cm³/mol. The molecule has 120 valence electrons. The van der Waals surface area contributed by atoms with Gasteiger partial charge in [0.15, 0.2) is 5.96 Å². The zero-order valence-corrected chi connectivity index (χ0v) is 13.8.